The van der Waals surface area contributed by atoms with Crippen molar-refractivity contribution in [2.24, 2.45) is 28.0 Å². The van der Waals surface area contributed by atoms with Gasteiger partial charge in [-0.1, -0.05) is 19.0 Å². The molecule has 0 aromatic rings. The number of rotatable bonds is 5. The van der Waals surface area contributed by atoms with Crippen molar-refractivity contribution in [1.82, 2.24) is 5.32 Å². The summed E-state index contributed by atoms with van der Waals surface area (Å²) in [5.41, 5.74) is 9.36. The van der Waals surface area contributed by atoms with Crippen molar-refractivity contribution in [3.05, 3.63) is 0 Å². The van der Waals surface area contributed by atoms with E-state index >= 15 is 0 Å². The molecule has 0 saturated heterocycles. The highest BCUT2D eigenvalue weighted by molar-refractivity contribution is 6.06. The number of carbonyl (C=O) groups excluding carboxylic acids is 2. The van der Waals surface area contributed by atoms with Gasteiger partial charge in [-0.25, -0.2) is 0 Å². The summed E-state index contributed by atoms with van der Waals surface area (Å²) >= 11 is 0. The highest BCUT2D eigenvalue weighted by atomic mass is 16.4. The summed E-state index contributed by atoms with van der Waals surface area (Å²) in [5, 5.41) is 13.8. The molecule has 98 valence electrons. The molecule has 0 spiro atoms. The molecule has 1 atom stereocenters. The highest BCUT2D eigenvalue weighted by Gasteiger charge is 2.35. The molecule has 0 aliphatic rings. The predicted molar refractivity (Wildman–Crippen MR) is 63.2 cm³/mol. The van der Waals surface area contributed by atoms with Gasteiger partial charge in [-0.3, -0.25) is 9.59 Å². The molecule has 0 aliphatic carbocycles. The van der Waals surface area contributed by atoms with Crippen LogP contribution in [0.15, 0.2) is 5.16 Å². The summed E-state index contributed by atoms with van der Waals surface area (Å²) in [6.45, 7) is 6.48. The largest absolute Gasteiger partial charge is 0.409 e. The number of nitrogens with two attached hydrogens (primary N) is 2. The van der Waals surface area contributed by atoms with E-state index in [2.05, 4.69) is 10.5 Å². The van der Waals surface area contributed by atoms with Gasteiger partial charge in [0.15, 0.2) is 5.84 Å². The molecule has 0 aromatic heterocycles. The van der Waals surface area contributed by atoms with Crippen molar-refractivity contribution >= 4 is 17.6 Å². The number of hydrogen-bond donors (Lipinski definition) is 4. The van der Waals surface area contributed by atoms with Crippen LogP contribution in [0.25, 0.3) is 0 Å². The lowest BCUT2D eigenvalue weighted by Crippen LogP contribution is -2.54. The average molecular weight is 244 g/mol. The van der Waals surface area contributed by atoms with Crippen LogP contribution in [0.5, 0.6) is 0 Å². The Morgan fingerprint density at radius 3 is 2.06 bits per heavy atom. The lowest BCUT2D eigenvalue weighted by molar-refractivity contribution is -0.131. The molecule has 0 rings (SSSR count). The van der Waals surface area contributed by atoms with Gasteiger partial charge in [-0.05, 0) is 19.8 Å². The Labute approximate surface area is 100 Å². The normalized spacial score (nSPS) is 14.5. The van der Waals surface area contributed by atoms with Crippen molar-refractivity contribution in [1.29, 1.82) is 0 Å². The lowest BCUT2D eigenvalue weighted by Gasteiger charge is -2.26. The number of amides is 2. The van der Waals surface area contributed by atoms with Crippen LogP contribution >= 0.6 is 0 Å². The molecule has 6 N–H and O–H groups in total. The number of hydrogen-bond acceptors (Lipinski definition) is 4. The summed E-state index contributed by atoms with van der Waals surface area (Å²) < 4.78 is 0. The van der Waals surface area contributed by atoms with Gasteiger partial charge in [-0.15, -0.1) is 0 Å². The zero-order valence-corrected chi connectivity index (χ0v) is 10.5. The molecule has 7 nitrogen and oxygen atoms in total. The molecular formula is C10H20N4O3. The molecule has 2 amide bonds. The van der Waals surface area contributed by atoms with E-state index in [0.29, 0.717) is 0 Å². The quantitative estimate of drug-likeness (QED) is 0.222. The minimum Gasteiger partial charge on any atom is -0.409 e. The van der Waals surface area contributed by atoms with Crippen LogP contribution < -0.4 is 16.8 Å². The third-order valence-electron chi connectivity index (χ3n) is 2.58. The van der Waals surface area contributed by atoms with Crippen LogP contribution in [0.4, 0.5) is 0 Å². The van der Waals surface area contributed by atoms with E-state index in [0.717, 1.165) is 0 Å². The fraction of sp³-hybridized carbons (Fsp3) is 0.700. The van der Waals surface area contributed by atoms with Gasteiger partial charge in [0.2, 0.25) is 11.8 Å². The molecule has 7 heteroatoms. The average Bonchev–Trinajstić information content (AvgIpc) is 2.22. The van der Waals surface area contributed by atoms with E-state index in [1.165, 1.54) is 13.8 Å². The van der Waals surface area contributed by atoms with E-state index in [9.17, 15) is 9.59 Å². The fourth-order valence-corrected chi connectivity index (χ4v) is 1.13. The van der Waals surface area contributed by atoms with Gasteiger partial charge < -0.3 is 22.0 Å². The first-order valence-electron chi connectivity index (χ1n) is 5.22. The second kappa shape index (κ2) is 5.51. The van der Waals surface area contributed by atoms with Gasteiger partial charge in [0, 0.05) is 0 Å². The number of nitrogens with one attached hydrogen (secondary N) is 1. The molecule has 0 aromatic carbocycles. The molecule has 0 radical (unpaired) electrons. The first-order valence-corrected chi connectivity index (χ1v) is 5.22. The van der Waals surface area contributed by atoms with E-state index in [1.807, 2.05) is 0 Å². The maximum atomic E-state index is 11.9. The zero-order chi connectivity index (χ0) is 13.8. The van der Waals surface area contributed by atoms with Crippen molar-refractivity contribution in [3.63, 3.8) is 0 Å². The van der Waals surface area contributed by atoms with E-state index in [-0.39, 0.29) is 11.8 Å². The third kappa shape index (κ3) is 3.61. The smallest absolute Gasteiger partial charge is 0.240 e. The molecule has 0 aliphatic heterocycles. The minimum absolute atomic E-state index is 0.139. The van der Waals surface area contributed by atoms with Crippen molar-refractivity contribution < 1.29 is 14.8 Å². The first-order chi connectivity index (χ1) is 7.64. The standard InChI is InChI=1S/C10H20N4O3/c1-5(2)6(7(11)15)13-9(16)10(3,4)8(12)14-17/h5-6,17H,1-4H3,(H2,11,15)(H2,12,14)(H,13,16). The summed E-state index contributed by atoms with van der Waals surface area (Å²) in [6, 6.07) is -0.784. The van der Waals surface area contributed by atoms with Gasteiger partial charge in [0.25, 0.3) is 0 Å². The van der Waals surface area contributed by atoms with E-state index in [4.69, 9.17) is 16.7 Å². The third-order valence-corrected chi connectivity index (χ3v) is 2.58. The molecular weight excluding hydrogens is 224 g/mol. The van der Waals surface area contributed by atoms with Crippen LogP contribution in [0.3, 0.4) is 0 Å². The maximum Gasteiger partial charge on any atom is 0.240 e. The molecule has 0 bridgehead atoms. The number of carbonyl (C=O) groups is 2. The summed E-state index contributed by atoms with van der Waals surface area (Å²) in [7, 11) is 0. The zero-order valence-electron chi connectivity index (χ0n) is 10.5. The predicted octanol–water partition coefficient (Wildman–Crippen LogP) is -0.615. The Morgan fingerprint density at radius 2 is 1.76 bits per heavy atom. The topological polar surface area (TPSA) is 131 Å². The first kappa shape index (κ1) is 15.2. The molecule has 0 heterocycles. The van der Waals surface area contributed by atoms with Crippen LogP contribution in [-0.2, 0) is 9.59 Å². The summed E-state index contributed by atoms with van der Waals surface area (Å²) in [4.78, 5) is 23.0. The van der Waals surface area contributed by atoms with Crippen LogP contribution in [0, 0.1) is 11.3 Å². The summed E-state index contributed by atoms with van der Waals surface area (Å²) in [6.07, 6.45) is 0. The molecule has 1 unspecified atom stereocenters. The highest BCUT2D eigenvalue weighted by Crippen LogP contribution is 2.16. The van der Waals surface area contributed by atoms with Crippen LogP contribution in [0.2, 0.25) is 0 Å². The van der Waals surface area contributed by atoms with Crippen LogP contribution in [0.1, 0.15) is 27.7 Å². The number of oxime groups is 1. The summed E-state index contributed by atoms with van der Waals surface area (Å²) in [5.74, 6) is -1.52. The second-order valence-electron chi connectivity index (χ2n) is 4.71. The van der Waals surface area contributed by atoms with Gasteiger partial charge >= 0.3 is 0 Å². The number of amidine groups is 1. The van der Waals surface area contributed by atoms with E-state index < -0.39 is 23.3 Å². The molecule has 0 fully saturated rings. The number of primary amides is 1. The van der Waals surface area contributed by atoms with Crippen molar-refractivity contribution in [2.75, 3.05) is 0 Å². The lowest BCUT2D eigenvalue weighted by atomic mass is 9.90. The van der Waals surface area contributed by atoms with Gasteiger partial charge in [0.05, 0.1) is 0 Å². The Balaban J connectivity index is 4.91. The Bertz CT molecular complexity index is 336. The Morgan fingerprint density at radius 1 is 1.29 bits per heavy atom. The van der Waals surface area contributed by atoms with Gasteiger partial charge in [-0.2, -0.15) is 0 Å². The molecule has 0 saturated carbocycles. The number of nitrogens with zero attached hydrogens (tertiary/aromatic N) is 1. The monoisotopic (exact) mass is 244 g/mol. The second-order valence-corrected chi connectivity index (χ2v) is 4.71. The molecule has 17 heavy (non-hydrogen) atoms. The Hall–Kier alpha value is -1.79. The SMILES string of the molecule is CC(C)C(NC(=O)C(C)(C)C(N)=NO)C(N)=O. The minimum atomic E-state index is -1.21. The van der Waals surface area contributed by atoms with Crippen LogP contribution in [-0.4, -0.2) is 28.9 Å². The Kier molecular flexibility index (Phi) is 4.93. The maximum absolute atomic E-state index is 11.9. The van der Waals surface area contributed by atoms with Gasteiger partial charge in [0.1, 0.15) is 11.5 Å². The fourth-order valence-electron chi connectivity index (χ4n) is 1.13. The van der Waals surface area contributed by atoms with Crippen molar-refractivity contribution in [2.45, 2.75) is 33.7 Å². The van der Waals surface area contributed by atoms with Crippen molar-refractivity contribution in [3.8, 4) is 0 Å². The van der Waals surface area contributed by atoms with E-state index in [1.54, 1.807) is 13.8 Å².